The molecular weight excluding hydrogens is 250 g/mol. The highest BCUT2D eigenvalue weighted by Crippen LogP contribution is 2.31. The minimum atomic E-state index is 0.612. The molecule has 1 atom stereocenters. The second-order valence-electron chi connectivity index (χ2n) is 5.65. The zero-order valence-electron chi connectivity index (χ0n) is 12.4. The molecule has 2 heteroatoms. The van der Waals surface area contributed by atoms with E-state index in [1.807, 2.05) is 11.8 Å². The maximum atomic E-state index is 3.75. The average Bonchev–Trinajstić information content (AvgIpc) is 2.80. The average molecular weight is 277 g/mol. The van der Waals surface area contributed by atoms with Crippen molar-refractivity contribution in [1.82, 2.24) is 5.32 Å². The van der Waals surface area contributed by atoms with Crippen LogP contribution in [-0.2, 0) is 6.42 Å². The van der Waals surface area contributed by atoms with Crippen molar-refractivity contribution in [3.63, 3.8) is 0 Å². The molecule has 19 heavy (non-hydrogen) atoms. The van der Waals surface area contributed by atoms with Crippen LogP contribution in [0.1, 0.15) is 54.8 Å². The predicted molar refractivity (Wildman–Crippen MR) is 87.1 cm³/mol. The van der Waals surface area contributed by atoms with E-state index < -0.39 is 0 Å². The molecule has 1 N–H and O–H groups in total. The molecule has 1 aromatic rings. The quantitative estimate of drug-likeness (QED) is 0.702. The molecule has 0 aromatic heterocycles. The lowest BCUT2D eigenvalue weighted by Gasteiger charge is -2.14. The van der Waals surface area contributed by atoms with Crippen molar-refractivity contribution >= 4 is 11.8 Å². The van der Waals surface area contributed by atoms with Gasteiger partial charge in [0.2, 0.25) is 0 Å². The zero-order valence-corrected chi connectivity index (χ0v) is 13.2. The van der Waals surface area contributed by atoms with Crippen molar-refractivity contribution in [3.8, 4) is 0 Å². The number of hydrogen-bond acceptors (Lipinski definition) is 2. The Hall–Kier alpha value is -0.470. The zero-order chi connectivity index (χ0) is 13.5. The summed E-state index contributed by atoms with van der Waals surface area (Å²) in [5.74, 6) is 1.32. The summed E-state index contributed by atoms with van der Waals surface area (Å²) in [6, 6.07) is 7.54. The maximum absolute atomic E-state index is 3.75. The standard InChI is InChI=1S/C17H27NS/c1-14-7-8-15-9-10-17(16(15)13-14)18-11-5-3-4-6-12-19-2/h7-8,13,17-18H,3-6,9-12H2,1-2H3. The molecule has 0 saturated carbocycles. The van der Waals surface area contributed by atoms with Crippen LogP contribution in [0.2, 0.25) is 0 Å². The van der Waals surface area contributed by atoms with Gasteiger partial charge in [-0.25, -0.2) is 0 Å². The van der Waals surface area contributed by atoms with Crippen LogP contribution in [0.5, 0.6) is 0 Å². The summed E-state index contributed by atoms with van der Waals surface area (Å²) >= 11 is 1.96. The van der Waals surface area contributed by atoms with E-state index in [4.69, 9.17) is 0 Å². The fourth-order valence-electron chi connectivity index (χ4n) is 2.94. The van der Waals surface area contributed by atoms with E-state index >= 15 is 0 Å². The minimum Gasteiger partial charge on any atom is -0.310 e. The molecule has 0 heterocycles. The molecule has 1 aliphatic rings. The summed E-state index contributed by atoms with van der Waals surface area (Å²) in [4.78, 5) is 0. The van der Waals surface area contributed by atoms with Crippen LogP contribution >= 0.6 is 11.8 Å². The largest absolute Gasteiger partial charge is 0.310 e. The summed E-state index contributed by atoms with van der Waals surface area (Å²) in [7, 11) is 0. The molecule has 106 valence electrons. The highest BCUT2D eigenvalue weighted by atomic mass is 32.2. The van der Waals surface area contributed by atoms with Crippen molar-refractivity contribution in [3.05, 3.63) is 34.9 Å². The SMILES string of the molecule is CSCCCCCCNC1CCc2ccc(C)cc21. The first-order valence-corrected chi connectivity index (χ1v) is 9.02. The van der Waals surface area contributed by atoms with Crippen LogP contribution < -0.4 is 5.32 Å². The van der Waals surface area contributed by atoms with Gasteiger partial charge in [-0.05, 0) is 62.3 Å². The lowest BCUT2D eigenvalue weighted by Crippen LogP contribution is -2.20. The van der Waals surface area contributed by atoms with Gasteiger partial charge in [-0.1, -0.05) is 36.6 Å². The minimum absolute atomic E-state index is 0.612. The normalized spacial score (nSPS) is 17.7. The van der Waals surface area contributed by atoms with Crippen LogP contribution in [0, 0.1) is 6.92 Å². The van der Waals surface area contributed by atoms with E-state index in [0.717, 1.165) is 0 Å². The van der Waals surface area contributed by atoms with Crippen molar-refractivity contribution in [2.75, 3.05) is 18.6 Å². The monoisotopic (exact) mass is 277 g/mol. The van der Waals surface area contributed by atoms with Gasteiger partial charge in [0.05, 0.1) is 0 Å². The van der Waals surface area contributed by atoms with Gasteiger partial charge in [-0.3, -0.25) is 0 Å². The third-order valence-electron chi connectivity index (χ3n) is 4.05. The van der Waals surface area contributed by atoms with Gasteiger partial charge in [0.25, 0.3) is 0 Å². The lowest BCUT2D eigenvalue weighted by molar-refractivity contribution is 0.506. The fourth-order valence-corrected chi connectivity index (χ4v) is 3.43. The Kier molecular flexibility index (Phi) is 6.25. The number of hydrogen-bond donors (Lipinski definition) is 1. The first-order chi connectivity index (χ1) is 9.31. The van der Waals surface area contributed by atoms with Gasteiger partial charge in [0.15, 0.2) is 0 Å². The fraction of sp³-hybridized carbons (Fsp3) is 0.647. The first-order valence-electron chi connectivity index (χ1n) is 7.63. The van der Waals surface area contributed by atoms with Crippen LogP contribution in [-0.4, -0.2) is 18.6 Å². The Morgan fingerprint density at radius 2 is 2.05 bits per heavy atom. The second-order valence-corrected chi connectivity index (χ2v) is 6.64. The van der Waals surface area contributed by atoms with E-state index in [0.29, 0.717) is 6.04 Å². The van der Waals surface area contributed by atoms with Gasteiger partial charge < -0.3 is 5.32 Å². The lowest BCUT2D eigenvalue weighted by atomic mass is 10.0. The summed E-state index contributed by atoms with van der Waals surface area (Å²) in [6.07, 6.45) is 10.2. The van der Waals surface area contributed by atoms with Gasteiger partial charge >= 0.3 is 0 Å². The van der Waals surface area contributed by atoms with Gasteiger partial charge in [-0.2, -0.15) is 11.8 Å². The van der Waals surface area contributed by atoms with Crippen LogP contribution in [0.3, 0.4) is 0 Å². The van der Waals surface area contributed by atoms with Gasteiger partial charge in [-0.15, -0.1) is 0 Å². The third-order valence-corrected chi connectivity index (χ3v) is 4.74. The highest BCUT2D eigenvalue weighted by Gasteiger charge is 2.21. The molecule has 2 rings (SSSR count). The Morgan fingerprint density at radius 3 is 2.89 bits per heavy atom. The smallest absolute Gasteiger partial charge is 0.0326 e. The molecular formula is C17H27NS. The number of nitrogens with one attached hydrogen (secondary N) is 1. The molecule has 0 aliphatic heterocycles. The molecule has 0 radical (unpaired) electrons. The van der Waals surface area contributed by atoms with Crippen molar-refractivity contribution in [1.29, 1.82) is 0 Å². The summed E-state index contributed by atoms with van der Waals surface area (Å²) < 4.78 is 0. The number of benzene rings is 1. The summed E-state index contributed by atoms with van der Waals surface area (Å²) in [5.41, 5.74) is 4.51. The van der Waals surface area contributed by atoms with E-state index in [1.165, 1.54) is 56.4 Å². The molecule has 1 nitrogen and oxygen atoms in total. The molecule has 0 bridgehead atoms. The number of aryl methyl sites for hydroxylation is 2. The Morgan fingerprint density at radius 1 is 1.21 bits per heavy atom. The number of fused-ring (bicyclic) bond motifs is 1. The third kappa shape index (κ3) is 4.54. The molecule has 1 aromatic carbocycles. The number of thioether (sulfide) groups is 1. The molecule has 0 spiro atoms. The summed E-state index contributed by atoms with van der Waals surface area (Å²) in [6.45, 7) is 3.37. The Labute approximate surface area is 122 Å². The Balaban J connectivity index is 1.67. The molecule has 0 amide bonds. The predicted octanol–water partition coefficient (Wildman–Crippen LogP) is 4.50. The molecule has 0 fully saturated rings. The number of unbranched alkanes of at least 4 members (excludes halogenated alkanes) is 3. The van der Waals surface area contributed by atoms with Crippen molar-refractivity contribution in [2.45, 2.75) is 51.5 Å². The first kappa shape index (κ1) is 14.9. The van der Waals surface area contributed by atoms with Crippen LogP contribution in [0.15, 0.2) is 18.2 Å². The summed E-state index contributed by atoms with van der Waals surface area (Å²) in [5, 5.41) is 3.75. The van der Waals surface area contributed by atoms with Crippen LogP contribution in [0.25, 0.3) is 0 Å². The van der Waals surface area contributed by atoms with Crippen molar-refractivity contribution < 1.29 is 0 Å². The molecule has 0 saturated heterocycles. The van der Waals surface area contributed by atoms with Crippen molar-refractivity contribution in [2.24, 2.45) is 0 Å². The van der Waals surface area contributed by atoms with Gasteiger partial charge in [0.1, 0.15) is 0 Å². The molecule has 1 aliphatic carbocycles. The maximum Gasteiger partial charge on any atom is 0.0326 e. The molecule has 1 unspecified atom stereocenters. The Bertz CT molecular complexity index is 389. The van der Waals surface area contributed by atoms with E-state index in [9.17, 15) is 0 Å². The number of rotatable bonds is 8. The second kappa shape index (κ2) is 7.96. The van der Waals surface area contributed by atoms with E-state index in [2.05, 4.69) is 36.7 Å². The highest BCUT2D eigenvalue weighted by molar-refractivity contribution is 7.98. The van der Waals surface area contributed by atoms with Crippen LogP contribution in [0.4, 0.5) is 0 Å². The topological polar surface area (TPSA) is 12.0 Å². The van der Waals surface area contributed by atoms with E-state index in [-0.39, 0.29) is 0 Å². The van der Waals surface area contributed by atoms with E-state index in [1.54, 1.807) is 11.1 Å². The van der Waals surface area contributed by atoms with Gasteiger partial charge in [0, 0.05) is 6.04 Å².